The van der Waals surface area contributed by atoms with Crippen LogP contribution in [0.3, 0.4) is 0 Å². The molecule has 27 heavy (non-hydrogen) atoms. The number of anilines is 1. The molecule has 0 spiro atoms. The minimum absolute atomic E-state index is 0.242. The highest BCUT2D eigenvalue weighted by Gasteiger charge is 2.22. The van der Waals surface area contributed by atoms with E-state index in [0.29, 0.717) is 56.2 Å². The highest BCUT2D eigenvalue weighted by Crippen LogP contribution is 2.38. The van der Waals surface area contributed by atoms with Gasteiger partial charge in [0.25, 0.3) is 0 Å². The standard InChI is InChI=1S/C18H18BrN5O3/c19-17-14(5-20)24-15(6-23-18-21-3-4-22-18)16(17)11-2-1-10(7-25)12(8-26)13(11)9-27/h1-4,24-27H,6-9H2,(H2,21,22,23). The molecule has 0 fully saturated rings. The molecule has 6 N–H and O–H groups in total. The van der Waals surface area contributed by atoms with Gasteiger partial charge in [-0.25, -0.2) is 4.98 Å². The van der Waals surface area contributed by atoms with Crippen molar-refractivity contribution in [2.45, 2.75) is 26.4 Å². The Labute approximate surface area is 163 Å². The van der Waals surface area contributed by atoms with Gasteiger partial charge in [0.15, 0.2) is 5.95 Å². The molecule has 0 atom stereocenters. The summed E-state index contributed by atoms with van der Waals surface area (Å²) in [5.41, 5.74) is 3.97. The second-order valence-electron chi connectivity index (χ2n) is 5.77. The summed E-state index contributed by atoms with van der Waals surface area (Å²) in [6, 6.07) is 5.57. The van der Waals surface area contributed by atoms with Gasteiger partial charge >= 0.3 is 0 Å². The smallest absolute Gasteiger partial charge is 0.200 e. The summed E-state index contributed by atoms with van der Waals surface area (Å²) in [7, 11) is 0. The summed E-state index contributed by atoms with van der Waals surface area (Å²) in [5.74, 6) is 0.583. The van der Waals surface area contributed by atoms with Crippen LogP contribution in [0.1, 0.15) is 28.1 Å². The fourth-order valence-electron chi connectivity index (χ4n) is 3.05. The van der Waals surface area contributed by atoms with Crippen molar-refractivity contribution in [3.63, 3.8) is 0 Å². The highest BCUT2D eigenvalue weighted by molar-refractivity contribution is 9.10. The topological polar surface area (TPSA) is 141 Å². The fourth-order valence-corrected chi connectivity index (χ4v) is 3.69. The molecule has 0 bridgehead atoms. The van der Waals surface area contributed by atoms with Crippen LogP contribution in [-0.2, 0) is 26.4 Å². The summed E-state index contributed by atoms with van der Waals surface area (Å²) in [6.45, 7) is -0.519. The predicted molar refractivity (Wildman–Crippen MR) is 102 cm³/mol. The van der Waals surface area contributed by atoms with Crippen molar-refractivity contribution >= 4 is 21.9 Å². The average molecular weight is 432 g/mol. The molecule has 1 aromatic carbocycles. The number of nitriles is 1. The van der Waals surface area contributed by atoms with Crippen molar-refractivity contribution < 1.29 is 15.3 Å². The first-order chi connectivity index (χ1) is 13.1. The summed E-state index contributed by atoms with van der Waals surface area (Å²) < 4.78 is 0.566. The Morgan fingerprint density at radius 1 is 1.15 bits per heavy atom. The number of H-pyrrole nitrogens is 2. The molecule has 8 nitrogen and oxygen atoms in total. The van der Waals surface area contributed by atoms with E-state index in [1.54, 1.807) is 24.5 Å². The number of aromatic amines is 2. The van der Waals surface area contributed by atoms with Crippen molar-refractivity contribution in [2.75, 3.05) is 5.32 Å². The molecular weight excluding hydrogens is 414 g/mol. The average Bonchev–Trinajstić information content (AvgIpc) is 3.32. The Kier molecular flexibility index (Phi) is 5.93. The van der Waals surface area contributed by atoms with Crippen molar-refractivity contribution in [1.29, 1.82) is 5.26 Å². The van der Waals surface area contributed by atoms with Gasteiger partial charge in [0.1, 0.15) is 11.8 Å². The molecule has 0 amide bonds. The first-order valence-corrected chi connectivity index (χ1v) is 8.94. The lowest BCUT2D eigenvalue weighted by atomic mass is 9.92. The lowest BCUT2D eigenvalue weighted by Gasteiger charge is -2.16. The molecule has 2 aromatic heterocycles. The van der Waals surface area contributed by atoms with E-state index in [0.717, 1.165) is 0 Å². The first kappa shape index (κ1) is 19.1. The maximum absolute atomic E-state index is 9.92. The third-order valence-corrected chi connectivity index (χ3v) is 5.14. The number of hydrogen-bond donors (Lipinski definition) is 6. The zero-order valence-electron chi connectivity index (χ0n) is 14.3. The molecule has 0 unspecified atom stereocenters. The van der Waals surface area contributed by atoms with Crippen LogP contribution in [0.4, 0.5) is 5.95 Å². The number of nitrogens with zero attached hydrogens (tertiary/aromatic N) is 2. The van der Waals surface area contributed by atoms with E-state index in [-0.39, 0.29) is 19.8 Å². The van der Waals surface area contributed by atoms with Crippen LogP contribution < -0.4 is 5.32 Å². The van der Waals surface area contributed by atoms with Crippen molar-refractivity contribution in [2.24, 2.45) is 0 Å². The normalized spacial score (nSPS) is 10.8. The van der Waals surface area contributed by atoms with Crippen LogP contribution in [0.5, 0.6) is 0 Å². The minimum Gasteiger partial charge on any atom is -0.392 e. The molecule has 3 rings (SSSR count). The van der Waals surface area contributed by atoms with E-state index >= 15 is 0 Å². The number of hydrogen-bond acceptors (Lipinski definition) is 6. The molecule has 0 aliphatic heterocycles. The van der Waals surface area contributed by atoms with E-state index in [9.17, 15) is 20.6 Å². The maximum atomic E-state index is 9.92. The summed E-state index contributed by atoms with van der Waals surface area (Å²) >= 11 is 3.46. The molecular formula is C18H18BrN5O3. The number of aromatic nitrogens is 3. The minimum atomic E-state index is -0.316. The molecule has 3 aromatic rings. The SMILES string of the molecule is N#Cc1[nH]c(CNc2ncc[nH]2)c(-c2ccc(CO)c(CO)c2CO)c1Br. The van der Waals surface area contributed by atoms with Crippen LogP contribution in [0.2, 0.25) is 0 Å². The van der Waals surface area contributed by atoms with Gasteiger partial charge in [-0.15, -0.1) is 0 Å². The molecule has 2 heterocycles. The number of rotatable bonds is 7. The van der Waals surface area contributed by atoms with Gasteiger partial charge < -0.3 is 30.6 Å². The van der Waals surface area contributed by atoms with E-state index in [1.807, 2.05) is 0 Å². The summed E-state index contributed by atoms with van der Waals surface area (Å²) in [5, 5.41) is 41.7. The Hall–Kier alpha value is -2.64. The predicted octanol–water partition coefficient (Wildman–Crippen LogP) is 2.13. The van der Waals surface area contributed by atoms with Crippen molar-refractivity contribution in [3.8, 4) is 17.2 Å². The number of imidazole rings is 1. The van der Waals surface area contributed by atoms with Gasteiger partial charge in [-0.2, -0.15) is 5.26 Å². The number of nitrogens with one attached hydrogen (secondary N) is 3. The monoisotopic (exact) mass is 431 g/mol. The molecule has 0 saturated carbocycles. The van der Waals surface area contributed by atoms with E-state index in [1.165, 1.54) is 0 Å². The lowest BCUT2D eigenvalue weighted by molar-refractivity contribution is 0.248. The molecule has 0 radical (unpaired) electrons. The van der Waals surface area contributed by atoms with Gasteiger partial charge in [-0.05, 0) is 38.2 Å². The molecule has 140 valence electrons. The molecule has 9 heteroatoms. The largest absolute Gasteiger partial charge is 0.392 e. The zero-order valence-corrected chi connectivity index (χ0v) is 15.8. The second kappa shape index (κ2) is 8.37. The highest BCUT2D eigenvalue weighted by atomic mass is 79.9. The van der Waals surface area contributed by atoms with Gasteiger partial charge in [-0.1, -0.05) is 12.1 Å². The van der Waals surface area contributed by atoms with E-state index in [4.69, 9.17) is 0 Å². The van der Waals surface area contributed by atoms with Crippen LogP contribution in [0.25, 0.3) is 11.1 Å². The van der Waals surface area contributed by atoms with E-state index < -0.39 is 0 Å². The van der Waals surface area contributed by atoms with Crippen molar-refractivity contribution in [3.05, 3.63) is 57.1 Å². The zero-order chi connectivity index (χ0) is 19.4. The maximum Gasteiger partial charge on any atom is 0.200 e. The van der Waals surface area contributed by atoms with Gasteiger partial charge in [-0.3, -0.25) is 0 Å². The van der Waals surface area contributed by atoms with E-state index in [2.05, 4.69) is 42.3 Å². The lowest BCUT2D eigenvalue weighted by Crippen LogP contribution is -2.06. The second-order valence-corrected chi connectivity index (χ2v) is 6.57. The number of benzene rings is 1. The Balaban J connectivity index is 2.13. The van der Waals surface area contributed by atoms with Crippen LogP contribution in [0.15, 0.2) is 29.0 Å². The van der Waals surface area contributed by atoms with Crippen LogP contribution in [0, 0.1) is 11.3 Å². The summed E-state index contributed by atoms with van der Waals surface area (Å²) in [4.78, 5) is 10.1. The first-order valence-electron chi connectivity index (χ1n) is 8.14. The summed E-state index contributed by atoms with van der Waals surface area (Å²) in [6.07, 6.45) is 3.32. The molecule has 0 aliphatic carbocycles. The molecule has 0 saturated heterocycles. The van der Waals surface area contributed by atoms with Gasteiger partial charge in [0.05, 0.1) is 30.8 Å². The van der Waals surface area contributed by atoms with Crippen LogP contribution in [-0.4, -0.2) is 30.3 Å². The Morgan fingerprint density at radius 2 is 1.93 bits per heavy atom. The number of aliphatic hydroxyl groups excluding tert-OH is 3. The number of aliphatic hydroxyl groups is 3. The Bertz CT molecular complexity index is 976. The third kappa shape index (κ3) is 3.61. The van der Waals surface area contributed by atoms with Crippen LogP contribution >= 0.6 is 15.9 Å². The number of halogens is 1. The molecule has 0 aliphatic rings. The third-order valence-electron chi connectivity index (χ3n) is 4.34. The Morgan fingerprint density at radius 3 is 2.52 bits per heavy atom. The fraction of sp³-hybridized carbons (Fsp3) is 0.222. The van der Waals surface area contributed by atoms with Gasteiger partial charge in [0, 0.05) is 23.7 Å². The van der Waals surface area contributed by atoms with Crippen molar-refractivity contribution in [1.82, 2.24) is 15.0 Å². The quantitative estimate of drug-likeness (QED) is 0.338. The van der Waals surface area contributed by atoms with Gasteiger partial charge in [0.2, 0.25) is 0 Å².